The number of amides is 1. The first-order valence-corrected chi connectivity index (χ1v) is 11.6. The quantitative estimate of drug-likeness (QED) is 0.583. The van der Waals surface area contributed by atoms with Crippen LogP contribution in [0.15, 0.2) is 40.9 Å². The summed E-state index contributed by atoms with van der Waals surface area (Å²) in [6, 6.07) is 12.2. The molecule has 0 N–H and O–H groups in total. The number of nitrogens with zero attached hydrogens (tertiary/aromatic N) is 4. The molecule has 0 atom stereocenters. The largest absolute Gasteiger partial charge is 0.354 e. The van der Waals surface area contributed by atoms with Gasteiger partial charge in [-0.1, -0.05) is 48.8 Å². The molecule has 168 valence electrons. The molecular weight excluding hydrogens is 424 g/mol. The molecule has 5 rings (SSSR count). The molecule has 1 fully saturated rings. The highest BCUT2D eigenvalue weighted by molar-refractivity contribution is 6.31. The Morgan fingerprint density at radius 1 is 1.16 bits per heavy atom. The zero-order valence-electron chi connectivity index (χ0n) is 18.9. The Morgan fingerprint density at radius 3 is 2.66 bits per heavy atom. The van der Waals surface area contributed by atoms with E-state index in [9.17, 15) is 4.79 Å². The summed E-state index contributed by atoms with van der Waals surface area (Å²) >= 11 is 6.65. The van der Waals surface area contributed by atoms with E-state index in [-0.39, 0.29) is 11.3 Å². The Balaban J connectivity index is 1.24. The van der Waals surface area contributed by atoms with Gasteiger partial charge in [-0.2, -0.15) is 0 Å². The van der Waals surface area contributed by atoms with E-state index < -0.39 is 0 Å². The van der Waals surface area contributed by atoms with Crippen molar-refractivity contribution in [2.24, 2.45) is 0 Å². The highest BCUT2D eigenvalue weighted by Crippen LogP contribution is 2.43. The van der Waals surface area contributed by atoms with Gasteiger partial charge in [0.05, 0.1) is 5.39 Å². The molecule has 1 aromatic heterocycles. The third-order valence-corrected chi connectivity index (χ3v) is 7.20. The topological polar surface area (TPSA) is 52.8 Å². The zero-order valence-corrected chi connectivity index (χ0v) is 19.7. The Hall–Kier alpha value is -2.57. The maximum Gasteiger partial charge on any atom is 0.223 e. The number of halogens is 1. The molecule has 2 aliphatic heterocycles. The molecule has 2 aliphatic rings. The number of rotatable bonds is 4. The Morgan fingerprint density at radius 2 is 1.91 bits per heavy atom. The molecule has 0 bridgehead atoms. The maximum absolute atomic E-state index is 12.1. The third-order valence-electron chi connectivity index (χ3n) is 6.85. The van der Waals surface area contributed by atoms with Crippen molar-refractivity contribution in [2.45, 2.75) is 32.6 Å². The fourth-order valence-corrected chi connectivity index (χ4v) is 5.23. The van der Waals surface area contributed by atoms with Crippen molar-refractivity contribution < 1.29 is 9.32 Å². The zero-order chi connectivity index (χ0) is 22.5. The first-order valence-electron chi connectivity index (χ1n) is 11.3. The van der Waals surface area contributed by atoms with Gasteiger partial charge in [0.15, 0.2) is 11.4 Å². The average molecular weight is 453 g/mol. The van der Waals surface area contributed by atoms with Crippen LogP contribution in [0, 0.1) is 0 Å². The summed E-state index contributed by atoms with van der Waals surface area (Å²) in [7, 11) is 0. The van der Waals surface area contributed by atoms with Crippen LogP contribution >= 0.6 is 11.6 Å². The summed E-state index contributed by atoms with van der Waals surface area (Å²) in [6.07, 6.45) is 0.898. The Labute approximate surface area is 193 Å². The number of aromatic nitrogens is 1. The lowest BCUT2D eigenvalue weighted by Gasteiger charge is -2.34. The minimum Gasteiger partial charge on any atom is -0.354 e. The van der Waals surface area contributed by atoms with Crippen molar-refractivity contribution in [3.05, 3.63) is 52.5 Å². The number of hydrogen-bond acceptors (Lipinski definition) is 5. The van der Waals surface area contributed by atoms with Gasteiger partial charge in [-0.05, 0) is 35.7 Å². The molecule has 0 unspecified atom stereocenters. The second-order valence-electron chi connectivity index (χ2n) is 9.53. The lowest BCUT2D eigenvalue weighted by Crippen LogP contribution is -2.47. The molecular formula is C25H29ClN4O2. The van der Waals surface area contributed by atoms with Crippen molar-refractivity contribution in [1.29, 1.82) is 0 Å². The Kier molecular flexibility index (Phi) is 5.38. The standard InChI is InChI=1S/C25H29ClN4O2/c1-17(31)30-16-25(2,3)20-14-18(21(26)15-22(20)30)8-9-28-10-12-29(13-11-28)24-19-6-4-5-7-23(19)32-27-24/h4-7,14-15H,8-13,16H2,1-3H3. The summed E-state index contributed by atoms with van der Waals surface area (Å²) in [4.78, 5) is 18.7. The number of para-hydroxylation sites is 1. The van der Waals surface area contributed by atoms with Crippen LogP contribution in [0.25, 0.3) is 11.0 Å². The van der Waals surface area contributed by atoms with Crippen LogP contribution in [0.3, 0.4) is 0 Å². The van der Waals surface area contributed by atoms with Crippen molar-refractivity contribution in [3.8, 4) is 0 Å². The number of carbonyl (C=O) groups excluding carboxylic acids is 1. The normalized spacial score (nSPS) is 18.4. The average Bonchev–Trinajstić information content (AvgIpc) is 3.31. The summed E-state index contributed by atoms with van der Waals surface area (Å²) in [5.41, 5.74) is 4.11. The van der Waals surface area contributed by atoms with E-state index in [0.717, 1.165) is 72.2 Å². The molecule has 0 saturated carbocycles. The first kappa shape index (κ1) is 21.3. The van der Waals surface area contributed by atoms with Gasteiger partial charge in [0.2, 0.25) is 5.91 Å². The molecule has 3 heterocycles. The molecule has 7 heteroatoms. The van der Waals surface area contributed by atoms with E-state index in [1.807, 2.05) is 29.2 Å². The molecule has 3 aromatic rings. The molecule has 2 aromatic carbocycles. The number of anilines is 2. The number of fused-ring (bicyclic) bond motifs is 2. The molecule has 1 amide bonds. The minimum absolute atomic E-state index is 0.0632. The van der Waals surface area contributed by atoms with Gasteiger partial charge in [-0.15, -0.1) is 0 Å². The summed E-state index contributed by atoms with van der Waals surface area (Å²) < 4.78 is 5.48. The fraction of sp³-hybridized carbons (Fsp3) is 0.440. The SMILES string of the molecule is CC(=O)N1CC(C)(C)c2cc(CCN3CCN(c4noc5ccccc45)CC3)c(Cl)cc21. The van der Waals surface area contributed by atoms with Crippen LogP contribution in [-0.2, 0) is 16.6 Å². The number of carbonyl (C=O) groups is 1. The minimum atomic E-state index is -0.0632. The smallest absolute Gasteiger partial charge is 0.223 e. The van der Waals surface area contributed by atoms with E-state index in [1.54, 1.807) is 6.92 Å². The van der Waals surface area contributed by atoms with Gasteiger partial charge in [0, 0.05) is 62.3 Å². The molecule has 0 spiro atoms. The third kappa shape index (κ3) is 3.76. The van der Waals surface area contributed by atoms with E-state index in [1.165, 1.54) is 5.56 Å². The number of benzene rings is 2. The number of hydrogen-bond donors (Lipinski definition) is 0. The lowest BCUT2D eigenvalue weighted by molar-refractivity contribution is -0.116. The molecule has 0 radical (unpaired) electrons. The highest BCUT2D eigenvalue weighted by atomic mass is 35.5. The van der Waals surface area contributed by atoms with Crippen molar-refractivity contribution in [1.82, 2.24) is 10.1 Å². The molecule has 1 saturated heterocycles. The summed E-state index contributed by atoms with van der Waals surface area (Å²) in [5, 5.41) is 6.13. The maximum atomic E-state index is 12.1. The van der Waals surface area contributed by atoms with Crippen LogP contribution in [0.5, 0.6) is 0 Å². The van der Waals surface area contributed by atoms with Gasteiger partial charge in [-0.3, -0.25) is 9.69 Å². The second-order valence-corrected chi connectivity index (χ2v) is 9.94. The monoisotopic (exact) mass is 452 g/mol. The van der Waals surface area contributed by atoms with Crippen molar-refractivity contribution in [2.75, 3.05) is 49.1 Å². The predicted molar refractivity (Wildman–Crippen MR) is 129 cm³/mol. The van der Waals surface area contributed by atoms with E-state index in [2.05, 4.69) is 40.9 Å². The van der Waals surface area contributed by atoms with Crippen molar-refractivity contribution in [3.63, 3.8) is 0 Å². The first-order chi connectivity index (χ1) is 15.3. The van der Waals surface area contributed by atoms with Crippen LogP contribution in [0.4, 0.5) is 11.5 Å². The van der Waals surface area contributed by atoms with Crippen LogP contribution < -0.4 is 9.80 Å². The van der Waals surface area contributed by atoms with Gasteiger partial charge in [-0.25, -0.2) is 0 Å². The molecule has 32 heavy (non-hydrogen) atoms. The van der Waals surface area contributed by atoms with Crippen molar-refractivity contribution >= 4 is 40.0 Å². The van der Waals surface area contributed by atoms with Crippen LogP contribution in [0.2, 0.25) is 5.02 Å². The summed E-state index contributed by atoms with van der Waals surface area (Å²) in [5.74, 6) is 1.01. The highest BCUT2D eigenvalue weighted by Gasteiger charge is 2.37. The second kappa shape index (κ2) is 8.09. The summed E-state index contributed by atoms with van der Waals surface area (Å²) in [6.45, 7) is 11.5. The van der Waals surface area contributed by atoms with Crippen LogP contribution in [0.1, 0.15) is 31.9 Å². The van der Waals surface area contributed by atoms with Crippen LogP contribution in [-0.4, -0.2) is 55.2 Å². The van der Waals surface area contributed by atoms with E-state index in [0.29, 0.717) is 6.54 Å². The van der Waals surface area contributed by atoms with Gasteiger partial charge >= 0.3 is 0 Å². The van der Waals surface area contributed by atoms with Gasteiger partial charge in [0.1, 0.15) is 0 Å². The Bertz CT molecular complexity index is 1160. The fourth-order valence-electron chi connectivity index (χ4n) is 4.97. The lowest BCUT2D eigenvalue weighted by atomic mass is 9.86. The van der Waals surface area contributed by atoms with E-state index >= 15 is 0 Å². The van der Waals surface area contributed by atoms with E-state index in [4.69, 9.17) is 16.1 Å². The van der Waals surface area contributed by atoms with Gasteiger partial charge in [0.25, 0.3) is 0 Å². The molecule has 6 nitrogen and oxygen atoms in total. The number of piperazine rings is 1. The predicted octanol–water partition coefficient (Wildman–Crippen LogP) is 4.49. The van der Waals surface area contributed by atoms with Gasteiger partial charge < -0.3 is 14.3 Å². The molecule has 0 aliphatic carbocycles.